The summed E-state index contributed by atoms with van der Waals surface area (Å²) in [4.78, 5) is 0. The van der Waals surface area contributed by atoms with Gasteiger partial charge < -0.3 is 14.3 Å². The second-order valence-electron chi connectivity index (χ2n) is 4.95. The maximum Gasteiger partial charge on any atom is 0.142 e. The van der Waals surface area contributed by atoms with Crippen LogP contribution in [0.4, 0.5) is 0 Å². The Balaban J connectivity index is 1.96. The van der Waals surface area contributed by atoms with Crippen molar-refractivity contribution in [3.63, 3.8) is 0 Å². The molecular formula is C9H16NO2+. The van der Waals surface area contributed by atoms with E-state index in [1.54, 1.807) is 0 Å². The van der Waals surface area contributed by atoms with Crippen LogP contribution in [0.25, 0.3) is 0 Å². The van der Waals surface area contributed by atoms with Gasteiger partial charge in [-0.25, -0.2) is 0 Å². The first-order chi connectivity index (χ1) is 5.60. The number of likely N-dealkylation sites (N-methyl/N-ethyl adjacent to an activating group) is 1. The van der Waals surface area contributed by atoms with Crippen LogP contribution >= 0.6 is 0 Å². The van der Waals surface area contributed by atoms with Crippen molar-refractivity contribution in [2.45, 2.75) is 43.2 Å². The van der Waals surface area contributed by atoms with Crippen LogP contribution in [0, 0.1) is 0 Å². The number of ether oxygens (including phenoxy) is 1. The maximum absolute atomic E-state index is 9.60. The molecule has 3 saturated heterocycles. The molecule has 68 valence electrons. The summed E-state index contributed by atoms with van der Waals surface area (Å²) in [6, 6.07) is 1.12. The first kappa shape index (κ1) is 7.30. The fraction of sp³-hybridized carbons (Fsp3) is 1.00. The lowest BCUT2D eigenvalue weighted by Gasteiger charge is -2.44. The number of aliphatic hydroxyl groups is 1. The van der Waals surface area contributed by atoms with Gasteiger partial charge in [-0.05, 0) is 0 Å². The highest BCUT2D eigenvalue weighted by Gasteiger charge is 2.70. The molecule has 3 aliphatic rings. The van der Waals surface area contributed by atoms with Gasteiger partial charge in [0.2, 0.25) is 0 Å². The molecule has 0 amide bonds. The molecule has 5 atom stereocenters. The van der Waals surface area contributed by atoms with E-state index in [2.05, 4.69) is 14.1 Å². The molecule has 12 heavy (non-hydrogen) atoms. The molecule has 0 saturated carbocycles. The molecule has 0 aliphatic carbocycles. The number of piperidine rings is 1. The van der Waals surface area contributed by atoms with Gasteiger partial charge in [0.1, 0.15) is 24.3 Å². The largest absolute Gasteiger partial charge is 0.393 e. The molecule has 0 aromatic rings. The Morgan fingerprint density at radius 2 is 1.67 bits per heavy atom. The number of morpholine rings is 1. The van der Waals surface area contributed by atoms with Gasteiger partial charge in [0.15, 0.2) is 0 Å². The standard InChI is InChI=1S/C9H16NO2/c1-10(2)6-3-5(11)4-7(10)9-8(6)12-9/h5-9,11H,3-4H2,1-2H3/q+1/t5-,6?,7?,8-,9?/m1/s1. The second-order valence-corrected chi connectivity index (χ2v) is 4.95. The molecule has 3 fully saturated rings. The number of epoxide rings is 1. The molecule has 3 heterocycles. The zero-order valence-electron chi connectivity index (χ0n) is 7.60. The van der Waals surface area contributed by atoms with Crippen LogP contribution in [0.3, 0.4) is 0 Å². The smallest absolute Gasteiger partial charge is 0.142 e. The summed E-state index contributed by atoms with van der Waals surface area (Å²) in [7, 11) is 4.55. The molecule has 3 unspecified atom stereocenters. The van der Waals surface area contributed by atoms with Gasteiger partial charge in [-0.3, -0.25) is 0 Å². The Kier molecular flexibility index (Phi) is 1.13. The molecule has 0 aromatic heterocycles. The van der Waals surface area contributed by atoms with Crippen molar-refractivity contribution >= 4 is 0 Å². The molecule has 1 N–H and O–H groups in total. The SMILES string of the molecule is C[N+]1(C)C2C[C@H](O)CC1[C@H]1OC21. The summed E-state index contributed by atoms with van der Waals surface area (Å²) < 4.78 is 6.65. The highest BCUT2D eigenvalue weighted by Crippen LogP contribution is 2.50. The number of hydrogen-bond acceptors (Lipinski definition) is 2. The topological polar surface area (TPSA) is 32.8 Å². The van der Waals surface area contributed by atoms with Crippen molar-refractivity contribution in [3.05, 3.63) is 0 Å². The van der Waals surface area contributed by atoms with Gasteiger partial charge in [-0.15, -0.1) is 0 Å². The van der Waals surface area contributed by atoms with Crippen LogP contribution in [0.1, 0.15) is 12.8 Å². The Hall–Kier alpha value is -0.120. The quantitative estimate of drug-likeness (QED) is 0.401. The van der Waals surface area contributed by atoms with Gasteiger partial charge in [-0.2, -0.15) is 0 Å². The Bertz CT molecular complexity index is 209. The first-order valence-corrected chi connectivity index (χ1v) is 4.77. The monoisotopic (exact) mass is 170 g/mol. The lowest BCUT2D eigenvalue weighted by atomic mass is 9.97. The summed E-state index contributed by atoms with van der Waals surface area (Å²) in [5.41, 5.74) is 0. The van der Waals surface area contributed by atoms with Gasteiger partial charge >= 0.3 is 0 Å². The number of rotatable bonds is 0. The molecular weight excluding hydrogens is 154 g/mol. The minimum Gasteiger partial charge on any atom is -0.393 e. The minimum atomic E-state index is -0.0671. The lowest BCUT2D eigenvalue weighted by molar-refractivity contribution is -0.938. The highest BCUT2D eigenvalue weighted by atomic mass is 16.6. The predicted octanol–water partition coefficient (Wildman–Crippen LogP) is -0.264. The fourth-order valence-corrected chi connectivity index (χ4v) is 3.22. The Morgan fingerprint density at radius 3 is 2.17 bits per heavy atom. The number of fused-ring (bicyclic) bond motifs is 5. The van der Waals surface area contributed by atoms with E-state index in [4.69, 9.17) is 4.74 Å². The molecule has 0 spiro atoms. The minimum absolute atomic E-state index is 0.0671. The molecule has 3 rings (SSSR count). The summed E-state index contributed by atoms with van der Waals surface area (Å²) in [6.07, 6.45) is 2.75. The van der Waals surface area contributed by atoms with Gasteiger partial charge in [-0.1, -0.05) is 0 Å². The number of aliphatic hydroxyl groups excluding tert-OH is 1. The Labute approximate surface area is 72.5 Å². The van der Waals surface area contributed by atoms with Crippen LogP contribution in [0.2, 0.25) is 0 Å². The van der Waals surface area contributed by atoms with Crippen LogP contribution < -0.4 is 0 Å². The van der Waals surface area contributed by atoms with E-state index in [9.17, 15) is 5.11 Å². The van der Waals surface area contributed by atoms with Crippen molar-refractivity contribution in [1.29, 1.82) is 0 Å². The molecule has 2 bridgehead atoms. The molecule has 0 aromatic carbocycles. The second kappa shape index (κ2) is 1.86. The van der Waals surface area contributed by atoms with Crippen molar-refractivity contribution < 1.29 is 14.3 Å². The lowest BCUT2D eigenvalue weighted by Crippen LogP contribution is -2.59. The molecule has 3 aliphatic heterocycles. The van der Waals surface area contributed by atoms with E-state index < -0.39 is 0 Å². The number of hydrogen-bond donors (Lipinski definition) is 1. The Morgan fingerprint density at radius 1 is 1.17 bits per heavy atom. The van der Waals surface area contributed by atoms with Crippen LogP contribution in [-0.2, 0) is 4.74 Å². The van der Waals surface area contributed by atoms with Gasteiger partial charge in [0, 0.05) is 12.8 Å². The zero-order chi connectivity index (χ0) is 8.51. The van der Waals surface area contributed by atoms with E-state index in [0.717, 1.165) is 17.3 Å². The number of nitrogens with zero attached hydrogens (tertiary/aromatic N) is 1. The van der Waals surface area contributed by atoms with E-state index in [-0.39, 0.29) is 6.10 Å². The van der Waals surface area contributed by atoms with E-state index in [1.165, 1.54) is 0 Å². The highest BCUT2D eigenvalue weighted by molar-refractivity contribution is 5.07. The van der Waals surface area contributed by atoms with Crippen LogP contribution in [-0.4, -0.2) is 54.1 Å². The molecule has 0 radical (unpaired) electrons. The predicted molar refractivity (Wildman–Crippen MR) is 43.6 cm³/mol. The maximum atomic E-state index is 9.60. The first-order valence-electron chi connectivity index (χ1n) is 4.77. The molecule has 3 nitrogen and oxygen atoms in total. The van der Waals surface area contributed by atoms with Crippen molar-refractivity contribution in [2.75, 3.05) is 14.1 Å². The summed E-state index contributed by atoms with van der Waals surface area (Å²) >= 11 is 0. The third kappa shape index (κ3) is 0.679. The summed E-state index contributed by atoms with van der Waals surface area (Å²) in [5, 5.41) is 9.60. The molecule has 3 heteroatoms. The van der Waals surface area contributed by atoms with Crippen LogP contribution in [0.15, 0.2) is 0 Å². The third-order valence-corrected chi connectivity index (χ3v) is 4.06. The fourth-order valence-electron chi connectivity index (χ4n) is 3.22. The van der Waals surface area contributed by atoms with E-state index in [1.807, 2.05) is 0 Å². The average Bonchev–Trinajstić information content (AvgIpc) is 2.66. The van der Waals surface area contributed by atoms with Crippen LogP contribution in [0.5, 0.6) is 0 Å². The average molecular weight is 170 g/mol. The number of quaternary nitrogens is 1. The van der Waals surface area contributed by atoms with Gasteiger partial charge in [0.25, 0.3) is 0 Å². The van der Waals surface area contributed by atoms with Crippen molar-refractivity contribution in [3.8, 4) is 0 Å². The van der Waals surface area contributed by atoms with Crippen molar-refractivity contribution in [2.24, 2.45) is 0 Å². The van der Waals surface area contributed by atoms with E-state index >= 15 is 0 Å². The van der Waals surface area contributed by atoms with E-state index in [0.29, 0.717) is 24.3 Å². The van der Waals surface area contributed by atoms with Gasteiger partial charge in [0.05, 0.1) is 20.2 Å². The zero-order valence-corrected chi connectivity index (χ0v) is 7.60. The summed E-state index contributed by atoms with van der Waals surface area (Å²) in [5.74, 6) is 0. The third-order valence-electron chi connectivity index (χ3n) is 4.06. The normalized spacial score (nSPS) is 59.8. The summed E-state index contributed by atoms with van der Waals surface area (Å²) in [6.45, 7) is 0. The van der Waals surface area contributed by atoms with Crippen molar-refractivity contribution in [1.82, 2.24) is 0 Å².